The summed E-state index contributed by atoms with van der Waals surface area (Å²) in [5.41, 5.74) is 1.31. The molecule has 6 aliphatic rings. The second kappa shape index (κ2) is 6.13. The Morgan fingerprint density at radius 2 is 1.75 bits per heavy atom. The number of carbonyl (C=O) groups excluding carboxylic acids is 1. The van der Waals surface area contributed by atoms with Gasteiger partial charge in [0.2, 0.25) is 0 Å². The first kappa shape index (κ1) is 18.1. The number of ketones is 1. The fraction of sp³-hybridized carbons (Fsp3) is 0.870. The van der Waals surface area contributed by atoms with E-state index in [1.165, 1.54) is 5.57 Å². The van der Waals surface area contributed by atoms with Crippen LogP contribution in [0.1, 0.15) is 58.3 Å². The van der Waals surface area contributed by atoms with E-state index in [0.717, 1.165) is 44.9 Å². The number of fused-ring (bicyclic) bond motifs is 6. The highest BCUT2D eigenvalue weighted by Crippen LogP contribution is 2.67. The second-order valence-corrected chi connectivity index (χ2v) is 9.85. The van der Waals surface area contributed by atoms with Gasteiger partial charge in [-0.15, -0.1) is 0 Å². The molecule has 2 saturated heterocycles. The van der Waals surface area contributed by atoms with Crippen LogP contribution in [0.3, 0.4) is 0 Å². The van der Waals surface area contributed by atoms with E-state index in [4.69, 9.17) is 18.9 Å². The van der Waals surface area contributed by atoms with Crippen molar-refractivity contribution in [1.82, 2.24) is 0 Å². The molecule has 0 N–H and O–H groups in total. The largest absolute Gasteiger partial charge is 0.347 e. The third-order valence-electron chi connectivity index (χ3n) is 9.14. The van der Waals surface area contributed by atoms with Crippen LogP contribution < -0.4 is 0 Å². The van der Waals surface area contributed by atoms with E-state index in [2.05, 4.69) is 13.0 Å². The molecule has 2 aliphatic heterocycles. The molecule has 5 unspecified atom stereocenters. The maximum Gasteiger partial charge on any atom is 0.188 e. The zero-order chi connectivity index (χ0) is 19.0. The fourth-order valence-electron chi connectivity index (χ4n) is 8.11. The first-order valence-electron chi connectivity index (χ1n) is 11.4. The summed E-state index contributed by atoms with van der Waals surface area (Å²) in [6.07, 6.45) is 10.1. The molecule has 154 valence electrons. The van der Waals surface area contributed by atoms with Crippen LogP contribution in [0, 0.1) is 29.1 Å². The smallest absolute Gasteiger partial charge is 0.188 e. The molecule has 2 heterocycles. The van der Waals surface area contributed by atoms with Crippen LogP contribution >= 0.6 is 0 Å². The minimum Gasteiger partial charge on any atom is -0.347 e. The van der Waals surface area contributed by atoms with Crippen molar-refractivity contribution in [3.8, 4) is 0 Å². The Kier molecular flexibility index (Phi) is 3.95. The van der Waals surface area contributed by atoms with Gasteiger partial charge in [-0.2, -0.15) is 0 Å². The maximum atomic E-state index is 13.6. The van der Waals surface area contributed by atoms with Gasteiger partial charge in [0.15, 0.2) is 11.6 Å². The summed E-state index contributed by atoms with van der Waals surface area (Å²) in [4.78, 5) is 13.6. The van der Waals surface area contributed by atoms with Crippen molar-refractivity contribution in [2.24, 2.45) is 29.1 Å². The molecule has 0 aromatic carbocycles. The Morgan fingerprint density at radius 3 is 2.50 bits per heavy atom. The summed E-state index contributed by atoms with van der Waals surface area (Å²) in [5.74, 6) is 1.08. The predicted molar refractivity (Wildman–Crippen MR) is 101 cm³/mol. The zero-order valence-corrected chi connectivity index (χ0v) is 16.9. The predicted octanol–water partition coefficient (Wildman–Crippen LogP) is 3.61. The van der Waals surface area contributed by atoms with E-state index in [9.17, 15) is 4.79 Å². The molecule has 5 atom stereocenters. The number of hydrogen-bond donors (Lipinski definition) is 0. The van der Waals surface area contributed by atoms with Crippen molar-refractivity contribution in [2.45, 2.75) is 69.9 Å². The quantitative estimate of drug-likeness (QED) is 0.642. The van der Waals surface area contributed by atoms with E-state index in [1.54, 1.807) is 0 Å². The maximum absolute atomic E-state index is 13.6. The molecule has 2 spiro atoms. The SMILES string of the molecule is CCC12CC(=O)C3C4CCC5(C=C4CCC3C1CCC21OCCO1)OCCO5. The highest BCUT2D eigenvalue weighted by atomic mass is 16.7. The van der Waals surface area contributed by atoms with Gasteiger partial charge < -0.3 is 18.9 Å². The number of rotatable bonds is 1. The Bertz CT molecular complexity index is 702. The summed E-state index contributed by atoms with van der Waals surface area (Å²) >= 11 is 0. The van der Waals surface area contributed by atoms with Crippen molar-refractivity contribution >= 4 is 5.78 Å². The van der Waals surface area contributed by atoms with E-state index < -0.39 is 11.6 Å². The van der Waals surface area contributed by atoms with E-state index in [-0.39, 0.29) is 11.3 Å². The van der Waals surface area contributed by atoms with Crippen molar-refractivity contribution in [2.75, 3.05) is 26.4 Å². The highest BCUT2D eigenvalue weighted by molar-refractivity contribution is 5.84. The van der Waals surface area contributed by atoms with Crippen molar-refractivity contribution in [1.29, 1.82) is 0 Å². The Hall–Kier alpha value is -0.750. The lowest BCUT2D eigenvalue weighted by Gasteiger charge is -2.55. The fourth-order valence-corrected chi connectivity index (χ4v) is 8.11. The number of carbonyl (C=O) groups is 1. The molecule has 5 nitrogen and oxygen atoms in total. The molecule has 3 saturated carbocycles. The van der Waals surface area contributed by atoms with Gasteiger partial charge in [-0.3, -0.25) is 4.79 Å². The van der Waals surface area contributed by atoms with Crippen LogP contribution in [0.2, 0.25) is 0 Å². The summed E-state index contributed by atoms with van der Waals surface area (Å²) in [6.45, 7) is 4.96. The van der Waals surface area contributed by atoms with Gasteiger partial charge in [0.1, 0.15) is 5.78 Å². The lowest BCUT2D eigenvalue weighted by molar-refractivity contribution is -0.245. The number of ether oxygens (including phenoxy) is 4. The van der Waals surface area contributed by atoms with Crippen molar-refractivity contribution in [3.05, 3.63) is 11.6 Å². The summed E-state index contributed by atoms with van der Waals surface area (Å²) in [7, 11) is 0. The van der Waals surface area contributed by atoms with Crippen LogP contribution in [0.4, 0.5) is 0 Å². The van der Waals surface area contributed by atoms with Crippen LogP contribution in [-0.4, -0.2) is 43.8 Å². The molecular weight excluding hydrogens is 356 g/mol. The standard InChI is InChI=1S/C23H32O5/c1-2-21-14-19(24)20-16-5-7-22(25-9-10-26-22)13-15(16)3-4-17(20)18(21)6-8-23(21)27-11-12-28-23/h13,16-18,20H,2-12,14H2,1H3. The summed E-state index contributed by atoms with van der Waals surface area (Å²) < 4.78 is 24.4. The molecule has 5 heteroatoms. The van der Waals surface area contributed by atoms with Gasteiger partial charge in [-0.25, -0.2) is 0 Å². The Morgan fingerprint density at radius 1 is 1.00 bits per heavy atom. The lowest BCUT2D eigenvalue weighted by Crippen LogP contribution is -2.58. The van der Waals surface area contributed by atoms with Crippen molar-refractivity contribution < 1.29 is 23.7 Å². The van der Waals surface area contributed by atoms with Gasteiger partial charge in [-0.05, 0) is 55.9 Å². The minimum absolute atomic E-state index is 0.115. The monoisotopic (exact) mass is 388 g/mol. The number of allylic oxidation sites excluding steroid dienone is 1. The molecule has 0 aromatic rings. The van der Waals surface area contributed by atoms with Crippen LogP contribution in [0.5, 0.6) is 0 Å². The molecule has 0 aromatic heterocycles. The molecule has 5 fully saturated rings. The highest BCUT2D eigenvalue weighted by Gasteiger charge is 2.69. The van der Waals surface area contributed by atoms with Crippen LogP contribution in [-0.2, 0) is 23.7 Å². The van der Waals surface area contributed by atoms with E-state index >= 15 is 0 Å². The number of Topliss-reactive ketones (excluding diaryl/α,β-unsaturated/α-hetero) is 1. The molecule has 4 aliphatic carbocycles. The topological polar surface area (TPSA) is 54.0 Å². The molecular formula is C23H32O5. The normalized spacial score (nSPS) is 45.8. The average molecular weight is 389 g/mol. The molecule has 28 heavy (non-hydrogen) atoms. The van der Waals surface area contributed by atoms with Gasteiger partial charge in [0, 0.05) is 30.6 Å². The lowest BCUT2D eigenvalue weighted by atomic mass is 9.50. The van der Waals surface area contributed by atoms with Crippen LogP contribution in [0.25, 0.3) is 0 Å². The third-order valence-corrected chi connectivity index (χ3v) is 9.14. The van der Waals surface area contributed by atoms with Gasteiger partial charge in [0.05, 0.1) is 26.4 Å². The molecule has 0 bridgehead atoms. The van der Waals surface area contributed by atoms with E-state index in [0.29, 0.717) is 56.4 Å². The minimum atomic E-state index is -0.495. The van der Waals surface area contributed by atoms with Gasteiger partial charge in [-0.1, -0.05) is 12.5 Å². The first-order valence-corrected chi connectivity index (χ1v) is 11.4. The summed E-state index contributed by atoms with van der Waals surface area (Å²) in [6, 6.07) is 0. The molecule has 6 rings (SSSR count). The van der Waals surface area contributed by atoms with Crippen molar-refractivity contribution in [3.63, 3.8) is 0 Å². The zero-order valence-electron chi connectivity index (χ0n) is 16.9. The van der Waals surface area contributed by atoms with Gasteiger partial charge >= 0.3 is 0 Å². The Labute approximate surface area is 167 Å². The third kappa shape index (κ3) is 2.19. The summed E-state index contributed by atoms with van der Waals surface area (Å²) in [5, 5.41) is 0. The number of hydrogen-bond acceptors (Lipinski definition) is 5. The van der Waals surface area contributed by atoms with Crippen LogP contribution in [0.15, 0.2) is 11.6 Å². The Balaban J connectivity index is 1.34. The van der Waals surface area contributed by atoms with E-state index in [1.807, 2.05) is 0 Å². The molecule has 0 radical (unpaired) electrons. The second-order valence-electron chi connectivity index (χ2n) is 9.85. The first-order chi connectivity index (χ1) is 13.6. The van der Waals surface area contributed by atoms with Gasteiger partial charge in [0.25, 0.3) is 0 Å². The molecule has 0 amide bonds. The average Bonchev–Trinajstić information content (AvgIpc) is 3.43.